The average Bonchev–Trinajstić information content (AvgIpc) is 1.73. The first kappa shape index (κ1) is 10.8. The second kappa shape index (κ2) is 10.0. The van der Waals surface area contributed by atoms with Gasteiger partial charge in [0.1, 0.15) is 4.49 Å². The molecule has 0 nitrogen and oxygen atoms in total. The van der Waals surface area contributed by atoms with Crippen LogP contribution < -0.4 is 0 Å². The van der Waals surface area contributed by atoms with Crippen molar-refractivity contribution >= 4 is 46.4 Å². The summed E-state index contributed by atoms with van der Waals surface area (Å²) in [6.45, 7) is 0. The van der Waals surface area contributed by atoms with E-state index in [1.807, 2.05) is 0 Å². The first-order valence-electron chi connectivity index (χ1n) is 1.26. The van der Waals surface area contributed by atoms with E-state index in [9.17, 15) is 0 Å². The van der Waals surface area contributed by atoms with E-state index in [2.05, 4.69) is 11.6 Å². The van der Waals surface area contributed by atoms with Crippen LogP contribution in [-0.4, -0.2) is 6.38 Å². The molecule has 0 rings (SSSR count). The monoisotopic (exact) mass is 180 g/mol. The lowest BCUT2D eigenvalue weighted by molar-refractivity contribution is 2.36. The Bertz CT molecular complexity index is 44.9. The lowest BCUT2D eigenvalue weighted by Gasteiger charge is -1.64. The van der Waals surface area contributed by atoms with Gasteiger partial charge in [0.25, 0.3) is 0 Å². The second-order valence-corrected chi connectivity index (χ2v) is 1.62. The minimum Gasteiger partial charge on any atom is -0.130 e. The van der Waals surface area contributed by atoms with Crippen molar-refractivity contribution < 1.29 is 0 Å². The summed E-state index contributed by atoms with van der Waals surface area (Å²) >= 11 is 19.5. The van der Waals surface area contributed by atoms with Crippen molar-refractivity contribution in [3.63, 3.8) is 0 Å². The van der Waals surface area contributed by atoms with Crippen LogP contribution in [0.1, 0.15) is 0 Å². The van der Waals surface area contributed by atoms with Crippen molar-refractivity contribution in [2.75, 3.05) is 6.38 Å². The molecule has 0 aliphatic rings. The third-order valence-electron chi connectivity index (χ3n) is 0.0825. The number of halogens is 4. The molecule has 0 radical (unpaired) electrons. The molecule has 0 heterocycles. The van der Waals surface area contributed by atoms with Gasteiger partial charge in [-0.3, -0.25) is 0 Å². The fourth-order valence-electron chi connectivity index (χ4n) is 0. The van der Waals surface area contributed by atoms with Gasteiger partial charge in [-0.15, -0.1) is 11.6 Å². The highest BCUT2D eigenvalue weighted by atomic mass is 35.5. The Balaban J connectivity index is 0. The minimum atomic E-state index is 0.0895. The number of alkyl halides is 1. The Labute approximate surface area is 63.0 Å². The molecule has 0 unspecified atom stereocenters. The topological polar surface area (TPSA) is 0 Å². The predicted octanol–water partition coefficient (Wildman–Crippen LogP) is 3.36. The van der Waals surface area contributed by atoms with E-state index in [0.29, 0.717) is 0 Å². The summed E-state index contributed by atoms with van der Waals surface area (Å²) in [5.41, 5.74) is 1.09. The molecule has 0 saturated carbocycles. The molecular weight excluding hydrogens is 178 g/mol. The van der Waals surface area contributed by atoms with Gasteiger partial charge in [0.15, 0.2) is 0 Å². The van der Waals surface area contributed by atoms with Gasteiger partial charge in [-0.1, -0.05) is 34.8 Å². The number of hydrogen-bond donors (Lipinski definition) is 0. The molecule has 0 aliphatic carbocycles. The third kappa shape index (κ3) is 19.7. The average molecular weight is 182 g/mol. The zero-order valence-electron chi connectivity index (χ0n) is 3.59. The molecule has 0 amide bonds. The summed E-state index contributed by atoms with van der Waals surface area (Å²) < 4.78 is 0.0895. The van der Waals surface area contributed by atoms with Crippen molar-refractivity contribution in [2.45, 2.75) is 0 Å². The Morgan fingerprint density at radius 3 is 1.43 bits per heavy atom. The van der Waals surface area contributed by atoms with Gasteiger partial charge in [0.2, 0.25) is 0 Å². The molecular formula is C3H4Cl4. The molecule has 0 fully saturated rings. The third-order valence-corrected chi connectivity index (χ3v) is 0.742. The molecule has 0 spiro atoms. The summed E-state index contributed by atoms with van der Waals surface area (Å²) in [7, 11) is 0. The van der Waals surface area contributed by atoms with Gasteiger partial charge in [-0.05, 0) is 0 Å². The molecule has 44 valence electrons. The minimum absolute atomic E-state index is 0.0895. The standard InChI is InChI=1S/C2HCl3.CH3Cl/c3-1-2(4)5;1-2/h1H;1H3. The summed E-state index contributed by atoms with van der Waals surface area (Å²) in [6.07, 6.45) is 1.47. The van der Waals surface area contributed by atoms with E-state index >= 15 is 0 Å². The highest BCUT2D eigenvalue weighted by molar-refractivity contribution is 6.58. The molecule has 4 heteroatoms. The normalized spacial score (nSPS) is 5.86. The van der Waals surface area contributed by atoms with Crippen LogP contribution in [0, 0.1) is 0 Å². The van der Waals surface area contributed by atoms with Crippen molar-refractivity contribution in [1.82, 2.24) is 0 Å². The summed E-state index contributed by atoms with van der Waals surface area (Å²) in [4.78, 5) is 0. The second-order valence-electron chi connectivity index (χ2n) is 0.399. The lowest BCUT2D eigenvalue weighted by atomic mass is 11.2. The van der Waals surface area contributed by atoms with Gasteiger partial charge in [0.05, 0.1) is 0 Å². The van der Waals surface area contributed by atoms with Crippen LogP contribution in [0.25, 0.3) is 0 Å². The molecule has 0 aromatic heterocycles. The maximum atomic E-state index is 4.96. The SMILES string of the molecule is CCl.ClC=C(Cl)Cl. The van der Waals surface area contributed by atoms with E-state index in [-0.39, 0.29) is 4.49 Å². The molecule has 0 atom stereocenters. The fourth-order valence-corrected chi connectivity index (χ4v) is 0. The van der Waals surface area contributed by atoms with Crippen molar-refractivity contribution in [1.29, 1.82) is 0 Å². The van der Waals surface area contributed by atoms with Crippen LogP contribution in [0.3, 0.4) is 0 Å². The van der Waals surface area contributed by atoms with Crippen molar-refractivity contribution in [2.24, 2.45) is 0 Å². The Hall–Kier alpha value is 0.900. The van der Waals surface area contributed by atoms with Crippen molar-refractivity contribution in [3.8, 4) is 0 Å². The Morgan fingerprint density at radius 1 is 1.29 bits per heavy atom. The molecule has 0 aromatic rings. The van der Waals surface area contributed by atoms with E-state index < -0.39 is 0 Å². The molecule has 7 heavy (non-hydrogen) atoms. The largest absolute Gasteiger partial charge is 0.130 e. The molecule has 0 aliphatic heterocycles. The maximum Gasteiger partial charge on any atom is 0.118 e. The van der Waals surface area contributed by atoms with Crippen molar-refractivity contribution in [3.05, 3.63) is 10.0 Å². The van der Waals surface area contributed by atoms with E-state index in [4.69, 9.17) is 34.8 Å². The predicted molar refractivity (Wildman–Crippen MR) is 37.4 cm³/mol. The van der Waals surface area contributed by atoms with Crippen LogP contribution in [-0.2, 0) is 0 Å². The van der Waals surface area contributed by atoms with Gasteiger partial charge >= 0.3 is 0 Å². The van der Waals surface area contributed by atoms with Crippen LogP contribution in [0.4, 0.5) is 0 Å². The maximum absolute atomic E-state index is 4.96. The fraction of sp³-hybridized carbons (Fsp3) is 0.333. The summed E-state index contributed by atoms with van der Waals surface area (Å²) in [6, 6.07) is 0. The summed E-state index contributed by atoms with van der Waals surface area (Å²) in [5, 5.41) is 0. The highest BCUT2D eigenvalue weighted by Gasteiger charge is 1.70. The highest BCUT2D eigenvalue weighted by Crippen LogP contribution is 2.05. The van der Waals surface area contributed by atoms with Gasteiger partial charge < -0.3 is 0 Å². The molecule has 0 saturated heterocycles. The molecule has 0 N–H and O–H groups in total. The van der Waals surface area contributed by atoms with Gasteiger partial charge in [-0.25, -0.2) is 0 Å². The van der Waals surface area contributed by atoms with Crippen LogP contribution in [0.15, 0.2) is 10.0 Å². The number of rotatable bonds is 0. The summed E-state index contributed by atoms with van der Waals surface area (Å²) in [5.74, 6) is 0. The van der Waals surface area contributed by atoms with Gasteiger partial charge in [-0.2, -0.15) is 0 Å². The van der Waals surface area contributed by atoms with Crippen LogP contribution >= 0.6 is 46.4 Å². The van der Waals surface area contributed by atoms with E-state index in [1.54, 1.807) is 0 Å². The van der Waals surface area contributed by atoms with E-state index in [0.717, 1.165) is 5.54 Å². The zero-order valence-corrected chi connectivity index (χ0v) is 6.61. The number of hydrogen-bond acceptors (Lipinski definition) is 0. The van der Waals surface area contributed by atoms with Crippen LogP contribution in [0.2, 0.25) is 0 Å². The molecule has 0 bridgehead atoms. The van der Waals surface area contributed by atoms with E-state index in [1.165, 1.54) is 6.38 Å². The quantitative estimate of drug-likeness (QED) is 0.503. The molecule has 0 aromatic carbocycles. The Kier molecular flexibility index (Phi) is 15.4. The zero-order chi connectivity index (χ0) is 6.28. The van der Waals surface area contributed by atoms with Gasteiger partial charge in [0, 0.05) is 11.9 Å². The lowest BCUT2D eigenvalue weighted by Crippen LogP contribution is -1.33. The smallest absolute Gasteiger partial charge is 0.118 e. The first-order chi connectivity index (χ1) is 3.27. The Morgan fingerprint density at radius 2 is 1.43 bits per heavy atom. The first-order valence-corrected chi connectivity index (χ1v) is 3.21. The van der Waals surface area contributed by atoms with Crippen LogP contribution in [0.5, 0.6) is 0 Å².